The number of hydrogen-bond donors (Lipinski definition) is 1. The Morgan fingerprint density at radius 2 is 2.04 bits per heavy atom. The molecular formula is C19H20N2O5. The van der Waals surface area contributed by atoms with Crippen LogP contribution in [-0.4, -0.2) is 36.8 Å². The van der Waals surface area contributed by atoms with Crippen molar-refractivity contribution in [1.82, 2.24) is 0 Å². The topological polar surface area (TPSA) is 81.9 Å². The third-order valence-corrected chi connectivity index (χ3v) is 3.57. The van der Waals surface area contributed by atoms with Crippen LogP contribution < -0.4 is 9.47 Å². The zero-order valence-electron chi connectivity index (χ0n) is 14.4. The number of oxime groups is 1. The van der Waals surface area contributed by atoms with E-state index in [1.54, 1.807) is 6.07 Å². The molecule has 7 nitrogen and oxygen atoms in total. The first-order valence-electron chi connectivity index (χ1n) is 8.20. The summed E-state index contributed by atoms with van der Waals surface area (Å²) < 4.78 is 17.0. The van der Waals surface area contributed by atoms with E-state index in [1.165, 1.54) is 0 Å². The number of rotatable bonds is 6. The highest BCUT2D eigenvalue weighted by Crippen LogP contribution is 2.25. The Morgan fingerprint density at radius 1 is 1.19 bits per heavy atom. The predicted molar refractivity (Wildman–Crippen MR) is 96.4 cm³/mol. The molecule has 0 radical (unpaired) electrons. The fraction of sp³-hybridized carbons (Fsp3) is 0.263. The van der Waals surface area contributed by atoms with Gasteiger partial charge in [-0.3, -0.25) is 0 Å². The van der Waals surface area contributed by atoms with Gasteiger partial charge >= 0.3 is 5.90 Å². The number of ether oxygens (including phenoxy) is 3. The van der Waals surface area contributed by atoms with E-state index in [4.69, 9.17) is 24.2 Å². The summed E-state index contributed by atoms with van der Waals surface area (Å²) in [5.41, 5.74) is 1.94. The standard InChI is InChI=1S/C19H20N2O5/c1-14-7-8-16(24-12-15-5-3-2-4-6-15)11-17(14)26-18(20-13-22)19-21-25-10-9-23-19/h2-8,11,22H,9-10,12-13H2,1H3/b20-18-. The highest BCUT2D eigenvalue weighted by atomic mass is 16.7. The Hall–Kier alpha value is -3.06. The summed E-state index contributed by atoms with van der Waals surface area (Å²) in [5, 5.41) is 12.9. The van der Waals surface area contributed by atoms with Crippen molar-refractivity contribution >= 4 is 11.8 Å². The van der Waals surface area contributed by atoms with Gasteiger partial charge in [0.25, 0.3) is 5.90 Å². The molecule has 2 aromatic carbocycles. The van der Waals surface area contributed by atoms with Gasteiger partial charge in [0.05, 0.1) is 0 Å². The number of hydrogen-bond acceptors (Lipinski definition) is 7. The van der Waals surface area contributed by atoms with E-state index in [9.17, 15) is 0 Å². The lowest BCUT2D eigenvalue weighted by atomic mass is 10.2. The molecule has 0 unspecified atom stereocenters. The zero-order chi connectivity index (χ0) is 18.2. The van der Waals surface area contributed by atoms with Crippen LogP contribution in [0.3, 0.4) is 0 Å². The number of benzene rings is 2. The van der Waals surface area contributed by atoms with E-state index in [0.29, 0.717) is 31.3 Å². The SMILES string of the molecule is Cc1ccc(OCc2ccccc2)cc1O/C(=N\CO)C1=NOCCO1. The molecule has 0 aliphatic carbocycles. The van der Waals surface area contributed by atoms with E-state index in [0.717, 1.165) is 11.1 Å². The van der Waals surface area contributed by atoms with Crippen LogP contribution >= 0.6 is 0 Å². The maximum Gasteiger partial charge on any atom is 0.314 e. The average molecular weight is 356 g/mol. The molecule has 0 atom stereocenters. The van der Waals surface area contributed by atoms with Crippen molar-refractivity contribution in [2.24, 2.45) is 10.1 Å². The Morgan fingerprint density at radius 3 is 2.77 bits per heavy atom. The molecule has 1 N–H and O–H groups in total. The summed E-state index contributed by atoms with van der Waals surface area (Å²) >= 11 is 0. The maximum absolute atomic E-state index is 9.14. The van der Waals surface area contributed by atoms with Crippen molar-refractivity contribution < 1.29 is 24.2 Å². The molecule has 0 aromatic heterocycles. The summed E-state index contributed by atoms with van der Waals surface area (Å²) in [4.78, 5) is 8.87. The van der Waals surface area contributed by atoms with Crippen molar-refractivity contribution in [3.8, 4) is 11.5 Å². The third kappa shape index (κ3) is 4.73. The van der Waals surface area contributed by atoms with Crippen molar-refractivity contribution in [3.05, 3.63) is 59.7 Å². The van der Waals surface area contributed by atoms with Crippen molar-refractivity contribution in [1.29, 1.82) is 0 Å². The van der Waals surface area contributed by atoms with Crippen LogP contribution in [0.15, 0.2) is 58.7 Å². The van der Waals surface area contributed by atoms with E-state index in [-0.39, 0.29) is 11.8 Å². The molecule has 2 aromatic rings. The number of aliphatic hydroxyl groups excluding tert-OH is 1. The number of aliphatic imine (C=N–C) groups is 1. The van der Waals surface area contributed by atoms with Crippen LogP contribution in [0.25, 0.3) is 0 Å². The lowest BCUT2D eigenvalue weighted by Crippen LogP contribution is -2.29. The minimum Gasteiger partial charge on any atom is -0.489 e. The first-order chi connectivity index (χ1) is 12.8. The second-order valence-corrected chi connectivity index (χ2v) is 5.49. The minimum atomic E-state index is -0.457. The maximum atomic E-state index is 9.14. The highest BCUT2D eigenvalue weighted by molar-refractivity contribution is 6.35. The van der Waals surface area contributed by atoms with Gasteiger partial charge in [-0.1, -0.05) is 36.4 Å². The molecule has 1 aliphatic rings. The molecule has 136 valence electrons. The first-order valence-corrected chi connectivity index (χ1v) is 8.20. The van der Waals surface area contributed by atoms with Gasteiger partial charge in [0.1, 0.15) is 31.4 Å². The van der Waals surface area contributed by atoms with Crippen LogP contribution in [-0.2, 0) is 16.2 Å². The van der Waals surface area contributed by atoms with Crippen molar-refractivity contribution in [2.45, 2.75) is 13.5 Å². The molecule has 0 fully saturated rings. The predicted octanol–water partition coefficient (Wildman–Crippen LogP) is 2.66. The van der Waals surface area contributed by atoms with E-state index in [1.807, 2.05) is 49.4 Å². The summed E-state index contributed by atoms with van der Waals surface area (Å²) in [7, 11) is 0. The quantitative estimate of drug-likeness (QED) is 0.636. The van der Waals surface area contributed by atoms with Gasteiger partial charge in [-0.05, 0) is 29.3 Å². The molecule has 1 heterocycles. The number of aliphatic hydroxyl groups is 1. The molecule has 0 spiro atoms. The van der Waals surface area contributed by atoms with Crippen LogP contribution in [0, 0.1) is 6.92 Å². The first kappa shape index (κ1) is 17.8. The van der Waals surface area contributed by atoms with E-state index < -0.39 is 6.73 Å². The van der Waals surface area contributed by atoms with Crippen LogP contribution in [0.2, 0.25) is 0 Å². The summed E-state index contributed by atoms with van der Waals surface area (Å²) in [6.07, 6.45) is 0. The zero-order valence-corrected chi connectivity index (χ0v) is 14.4. The minimum absolute atomic E-state index is 0.0514. The lowest BCUT2D eigenvalue weighted by molar-refractivity contribution is 0.0663. The third-order valence-electron chi connectivity index (χ3n) is 3.57. The van der Waals surface area contributed by atoms with Gasteiger partial charge < -0.3 is 24.2 Å². The summed E-state index contributed by atoms with van der Waals surface area (Å²) in [6, 6.07) is 15.4. The molecule has 0 saturated heterocycles. The highest BCUT2D eigenvalue weighted by Gasteiger charge is 2.19. The normalized spacial score (nSPS) is 14.1. The Labute approximate surface area is 151 Å². The van der Waals surface area contributed by atoms with Gasteiger partial charge in [-0.2, -0.15) is 0 Å². The second kappa shape index (κ2) is 8.87. The average Bonchev–Trinajstić information content (AvgIpc) is 2.69. The second-order valence-electron chi connectivity index (χ2n) is 5.49. The van der Waals surface area contributed by atoms with Crippen molar-refractivity contribution in [2.75, 3.05) is 19.9 Å². The Kier molecular flexibility index (Phi) is 6.05. The van der Waals surface area contributed by atoms with Crippen LogP contribution in [0.1, 0.15) is 11.1 Å². The largest absolute Gasteiger partial charge is 0.489 e. The summed E-state index contributed by atoms with van der Waals surface area (Å²) in [6.45, 7) is 2.59. The van der Waals surface area contributed by atoms with Gasteiger partial charge in [-0.15, -0.1) is 0 Å². The number of aryl methyl sites for hydroxylation is 1. The van der Waals surface area contributed by atoms with E-state index >= 15 is 0 Å². The molecule has 0 saturated carbocycles. The van der Waals surface area contributed by atoms with Gasteiger partial charge in [-0.25, -0.2) is 4.99 Å². The lowest BCUT2D eigenvalue weighted by Gasteiger charge is -2.16. The van der Waals surface area contributed by atoms with Gasteiger partial charge in [0.15, 0.2) is 6.61 Å². The Bertz CT molecular complexity index is 790. The van der Waals surface area contributed by atoms with Crippen LogP contribution in [0.4, 0.5) is 0 Å². The smallest absolute Gasteiger partial charge is 0.314 e. The Balaban J connectivity index is 1.74. The molecular weight excluding hydrogens is 336 g/mol. The molecule has 1 aliphatic heterocycles. The fourth-order valence-corrected chi connectivity index (χ4v) is 2.24. The van der Waals surface area contributed by atoms with Crippen molar-refractivity contribution in [3.63, 3.8) is 0 Å². The molecule has 3 rings (SSSR count). The van der Waals surface area contributed by atoms with Gasteiger partial charge in [0.2, 0.25) is 0 Å². The molecule has 0 amide bonds. The molecule has 26 heavy (non-hydrogen) atoms. The van der Waals surface area contributed by atoms with E-state index in [2.05, 4.69) is 10.1 Å². The van der Waals surface area contributed by atoms with Crippen LogP contribution in [0.5, 0.6) is 11.5 Å². The van der Waals surface area contributed by atoms with Gasteiger partial charge in [0, 0.05) is 6.07 Å². The monoisotopic (exact) mass is 356 g/mol. The number of nitrogens with zero attached hydrogens (tertiary/aromatic N) is 2. The molecule has 7 heteroatoms. The summed E-state index contributed by atoms with van der Waals surface area (Å²) in [5.74, 6) is 1.33. The molecule has 0 bridgehead atoms. The fourth-order valence-electron chi connectivity index (χ4n) is 2.24.